The van der Waals surface area contributed by atoms with Crippen LogP contribution in [0.4, 0.5) is 17.1 Å². The third-order valence-corrected chi connectivity index (χ3v) is 13.5. The fourth-order valence-corrected chi connectivity index (χ4v) is 9.79. The Morgan fingerprint density at radius 2 is 0.865 bits per heavy atom. The quantitative estimate of drug-likeness (QED) is 0.0985. The molecular weight excluding hydrogens is 893 g/mol. The number of allylic oxidation sites excluding steroid dienone is 3. The van der Waals surface area contributed by atoms with E-state index in [-0.39, 0.29) is 0 Å². The summed E-state index contributed by atoms with van der Waals surface area (Å²) >= 11 is 0. The first-order chi connectivity index (χ1) is 36.4. The van der Waals surface area contributed by atoms with Gasteiger partial charge >= 0.3 is 0 Å². The van der Waals surface area contributed by atoms with Crippen molar-refractivity contribution in [1.29, 1.82) is 0 Å². The fourth-order valence-electron chi connectivity index (χ4n) is 9.79. The van der Waals surface area contributed by atoms with Gasteiger partial charge in [-0.3, -0.25) is 4.99 Å². The minimum absolute atomic E-state index is 0.627. The number of para-hydroxylation sites is 2. The number of terminal acetylenes is 1. The molecule has 0 spiro atoms. The Kier molecular flexibility index (Phi) is 15.9. The third-order valence-electron chi connectivity index (χ3n) is 13.5. The van der Waals surface area contributed by atoms with E-state index in [1.54, 1.807) is 0 Å². The first-order valence-corrected chi connectivity index (χ1v) is 25.2. The van der Waals surface area contributed by atoms with Gasteiger partial charge in [0.2, 0.25) is 0 Å². The number of anilines is 3. The second-order valence-electron chi connectivity index (χ2n) is 18.5. The van der Waals surface area contributed by atoms with Gasteiger partial charge in [-0.25, -0.2) is 0 Å². The van der Waals surface area contributed by atoms with E-state index in [0.29, 0.717) is 6.54 Å². The highest BCUT2D eigenvalue weighted by Gasteiger charge is 2.27. The number of fused-ring (bicyclic) bond motifs is 2. The molecule has 0 amide bonds. The molecule has 11 rings (SSSR count). The van der Waals surface area contributed by atoms with Gasteiger partial charge in [0.25, 0.3) is 0 Å². The summed E-state index contributed by atoms with van der Waals surface area (Å²) in [6.45, 7) is 9.41. The normalized spacial score (nSPS) is 12.0. The van der Waals surface area contributed by atoms with E-state index < -0.39 is 0 Å². The Morgan fingerprint density at radius 3 is 1.43 bits per heavy atom. The third kappa shape index (κ3) is 11.4. The van der Waals surface area contributed by atoms with Crippen LogP contribution in [0.2, 0.25) is 0 Å². The van der Waals surface area contributed by atoms with Crippen LogP contribution >= 0.6 is 0 Å². The fraction of sp³-hybridized carbons (Fsp3) is 0.0694. The Morgan fingerprint density at radius 1 is 0.419 bits per heavy atom. The number of nitrogens with zero attached hydrogens (tertiary/aromatic N) is 2. The van der Waals surface area contributed by atoms with Crippen LogP contribution in [0.15, 0.2) is 272 Å². The Balaban J connectivity index is 0.000000267. The van der Waals surface area contributed by atoms with Crippen LogP contribution in [0.3, 0.4) is 0 Å². The summed E-state index contributed by atoms with van der Waals surface area (Å²) in [7, 11) is 0. The second-order valence-corrected chi connectivity index (χ2v) is 18.5. The molecule has 1 aliphatic heterocycles. The van der Waals surface area contributed by atoms with Crippen LogP contribution in [-0.2, 0) is 6.54 Å². The standard InChI is InChI=1S/C51H42N2.C19H16.C2H2/c1-36-16-10-11-21-45(36)51-38(3)46-22-12-14-24-49(46)53(50-25-15-13-23-47(50)51)44-32-30-42(31-33-44)41-26-28-43(29-27-41)48(52-35-39-17-6-4-7-18-39)34-37(2)40-19-8-5-9-20-40;1-15-12-18(16-8-4-2-5-9-16)14-19(13-15)17-10-6-3-7-11-17;1-2/h4-34H,35H2,1-3H3;2-14H,1H3;1-2H/b37-34+,52-48?;;. The number of aliphatic imine (C=N–C) groups is 1. The number of rotatable bonds is 10. The van der Waals surface area contributed by atoms with Crippen molar-refractivity contribution in [3.8, 4) is 46.2 Å². The molecule has 0 radical (unpaired) electrons. The summed E-state index contributed by atoms with van der Waals surface area (Å²) in [6, 6.07) is 92.9. The van der Waals surface area contributed by atoms with Crippen LogP contribution in [0.1, 0.15) is 58.4 Å². The highest BCUT2D eigenvalue weighted by Crippen LogP contribution is 2.49. The second kappa shape index (κ2) is 23.7. The molecule has 0 fully saturated rings. The average Bonchev–Trinajstić information content (AvgIpc) is 3.57. The van der Waals surface area contributed by atoms with E-state index in [9.17, 15) is 0 Å². The van der Waals surface area contributed by atoms with Crippen molar-refractivity contribution in [3.63, 3.8) is 0 Å². The van der Waals surface area contributed by atoms with E-state index in [2.05, 4.69) is 306 Å². The topological polar surface area (TPSA) is 15.6 Å². The van der Waals surface area contributed by atoms with Gasteiger partial charge < -0.3 is 4.90 Å². The molecule has 0 saturated heterocycles. The zero-order valence-corrected chi connectivity index (χ0v) is 42.7. The monoisotopic (exact) mass is 952 g/mol. The Labute approximate surface area is 439 Å². The van der Waals surface area contributed by atoms with Crippen molar-refractivity contribution < 1.29 is 0 Å². The minimum atomic E-state index is 0.627. The van der Waals surface area contributed by atoms with Crippen molar-refractivity contribution in [3.05, 3.63) is 311 Å². The van der Waals surface area contributed by atoms with Crippen LogP contribution in [-0.4, -0.2) is 5.71 Å². The largest absolute Gasteiger partial charge is 0.309 e. The molecule has 0 bridgehead atoms. The Bertz CT molecular complexity index is 3530. The van der Waals surface area contributed by atoms with Crippen LogP contribution < -0.4 is 4.90 Å². The van der Waals surface area contributed by atoms with Gasteiger partial charge in [0.15, 0.2) is 0 Å². The molecule has 0 saturated carbocycles. The summed E-state index contributed by atoms with van der Waals surface area (Å²) in [6.07, 6.45) is 10.2. The molecule has 74 heavy (non-hydrogen) atoms. The lowest BCUT2D eigenvalue weighted by Gasteiger charge is -2.28. The van der Waals surface area contributed by atoms with Crippen LogP contribution in [0.5, 0.6) is 0 Å². The minimum Gasteiger partial charge on any atom is -0.309 e. The Hall–Kier alpha value is -9.29. The number of aryl methyl sites for hydroxylation is 2. The molecular formula is C72H60N2. The van der Waals surface area contributed by atoms with Gasteiger partial charge in [0.05, 0.1) is 23.6 Å². The molecule has 1 aliphatic rings. The van der Waals surface area contributed by atoms with Crippen molar-refractivity contribution in [2.45, 2.75) is 34.2 Å². The maximum atomic E-state index is 5.11. The molecule has 0 unspecified atom stereocenters. The maximum Gasteiger partial charge on any atom is 0.0653 e. The molecule has 0 atom stereocenters. The number of hydrogen-bond acceptors (Lipinski definition) is 2. The van der Waals surface area contributed by atoms with Gasteiger partial charge in [-0.05, 0) is 148 Å². The highest BCUT2D eigenvalue weighted by atomic mass is 15.1. The van der Waals surface area contributed by atoms with Gasteiger partial charge in [-0.15, -0.1) is 12.8 Å². The highest BCUT2D eigenvalue weighted by molar-refractivity contribution is 6.12. The lowest BCUT2D eigenvalue weighted by molar-refractivity contribution is 1.07. The van der Waals surface area contributed by atoms with Gasteiger partial charge in [0, 0.05) is 16.8 Å². The molecule has 2 heteroatoms. The predicted molar refractivity (Wildman–Crippen MR) is 318 cm³/mol. The summed E-state index contributed by atoms with van der Waals surface area (Å²) in [4.78, 5) is 7.53. The molecule has 0 aromatic heterocycles. The van der Waals surface area contributed by atoms with Gasteiger partial charge in [-0.1, -0.05) is 231 Å². The summed E-state index contributed by atoms with van der Waals surface area (Å²) in [5.41, 5.74) is 25.4. The average molecular weight is 953 g/mol. The molecule has 10 aromatic rings. The smallest absolute Gasteiger partial charge is 0.0653 e. The van der Waals surface area contributed by atoms with Crippen molar-refractivity contribution in [2.24, 2.45) is 4.99 Å². The van der Waals surface area contributed by atoms with Crippen molar-refractivity contribution in [1.82, 2.24) is 0 Å². The zero-order chi connectivity index (χ0) is 51.2. The number of benzene rings is 10. The molecule has 0 N–H and O–H groups in total. The van der Waals surface area contributed by atoms with E-state index in [1.807, 2.05) is 6.07 Å². The SMILES string of the molecule is C#C.CC1=C(c2ccccc2C)c2ccccc2N(c2ccc(-c3ccc(C(/C=C(\C)c4ccccc4)=NCc4ccccc4)cc3)cc2)c2ccccc21.Cc1cc(-c2ccccc2)cc(-c2ccccc2)c1. The lowest BCUT2D eigenvalue weighted by Crippen LogP contribution is -2.12. The molecule has 1 heterocycles. The van der Waals surface area contributed by atoms with Gasteiger partial charge in [0.1, 0.15) is 0 Å². The van der Waals surface area contributed by atoms with E-state index >= 15 is 0 Å². The van der Waals surface area contributed by atoms with Gasteiger partial charge in [-0.2, -0.15) is 0 Å². The molecule has 358 valence electrons. The van der Waals surface area contributed by atoms with Crippen LogP contribution in [0, 0.1) is 26.7 Å². The first-order valence-electron chi connectivity index (χ1n) is 25.2. The molecule has 0 aliphatic carbocycles. The van der Waals surface area contributed by atoms with Crippen molar-refractivity contribution >= 4 is 39.5 Å². The first kappa shape index (κ1) is 49.7. The van der Waals surface area contributed by atoms with E-state index in [0.717, 1.165) is 17.0 Å². The maximum absolute atomic E-state index is 5.11. The van der Waals surface area contributed by atoms with Crippen LogP contribution in [0.25, 0.3) is 50.1 Å². The zero-order valence-electron chi connectivity index (χ0n) is 42.7. The number of hydrogen-bond donors (Lipinski definition) is 0. The summed E-state index contributed by atoms with van der Waals surface area (Å²) in [5, 5.41) is 0. The van der Waals surface area contributed by atoms with Crippen molar-refractivity contribution in [2.75, 3.05) is 4.90 Å². The lowest BCUT2D eigenvalue weighted by atomic mass is 9.88. The van der Waals surface area contributed by atoms with E-state index in [4.69, 9.17) is 4.99 Å². The van der Waals surface area contributed by atoms with E-state index in [1.165, 1.54) is 100 Å². The molecule has 10 aromatic carbocycles. The molecule has 2 nitrogen and oxygen atoms in total. The summed E-state index contributed by atoms with van der Waals surface area (Å²) in [5.74, 6) is 0. The predicted octanol–water partition coefficient (Wildman–Crippen LogP) is 19.1. The summed E-state index contributed by atoms with van der Waals surface area (Å²) < 4.78 is 0.